The van der Waals surface area contributed by atoms with Crippen LogP contribution in [0.5, 0.6) is 11.5 Å². The predicted octanol–water partition coefficient (Wildman–Crippen LogP) is 4.18. The molecule has 0 atom stereocenters. The van der Waals surface area contributed by atoms with E-state index in [-0.39, 0.29) is 12.5 Å². The van der Waals surface area contributed by atoms with E-state index in [4.69, 9.17) is 9.47 Å². The molecule has 0 spiro atoms. The van der Waals surface area contributed by atoms with Crippen LogP contribution in [0.25, 0.3) is 0 Å². The fourth-order valence-electron chi connectivity index (χ4n) is 2.99. The zero-order valence-corrected chi connectivity index (χ0v) is 20.0. The first-order chi connectivity index (χ1) is 15.5. The second kappa shape index (κ2) is 11.5. The van der Waals surface area contributed by atoms with Crippen LogP contribution in [0.3, 0.4) is 0 Å². The van der Waals surface area contributed by atoms with Crippen LogP contribution in [-0.2, 0) is 17.9 Å². The average molecular weight is 503 g/mol. The van der Waals surface area contributed by atoms with E-state index in [9.17, 15) is 4.79 Å². The highest BCUT2D eigenvalue weighted by Gasteiger charge is 2.17. The standard InChI is InChI=1S/C22H27BrN6O3/c1-4-5-12-29-22(26-27-28-29)24-13-17-18(23)10-11-19(31-3)21(17)32-14-20(30)25-16-8-6-15(2)7-9-16/h6-11H,4-5,12-14H2,1-3H3,(H,25,30)(H,24,26,28). The van der Waals surface area contributed by atoms with Crippen molar-refractivity contribution < 1.29 is 14.3 Å². The number of carbonyl (C=O) groups excluding carboxylic acids is 1. The summed E-state index contributed by atoms with van der Waals surface area (Å²) in [5.74, 6) is 1.30. The van der Waals surface area contributed by atoms with Gasteiger partial charge in [0.25, 0.3) is 5.91 Å². The number of nitrogens with zero attached hydrogens (tertiary/aromatic N) is 4. The van der Waals surface area contributed by atoms with Crippen molar-refractivity contribution in [3.8, 4) is 11.5 Å². The van der Waals surface area contributed by atoms with Gasteiger partial charge in [-0.1, -0.05) is 52.1 Å². The Morgan fingerprint density at radius 3 is 2.69 bits per heavy atom. The predicted molar refractivity (Wildman–Crippen MR) is 126 cm³/mol. The first-order valence-electron chi connectivity index (χ1n) is 10.4. The molecule has 170 valence electrons. The number of hydrogen-bond donors (Lipinski definition) is 2. The lowest BCUT2D eigenvalue weighted by molar-refractivity contribution is -0.118. The Hall–Kier alpha value is -3.14. The van der Waals surface area contributed by atoms with Gasteiger partial charge in [0.2, 0.25) is 5.95 Å². The minimum atomic E-state index is -0.265. The summed E-state index contributed by atoms with van der Waals surface area (Å²) in [6.45, 7) is 5.05. The van der Waals surface area contributed by atoms with E-state index in [1.54, 1.807) is 17.9 Å². The summed E-state index contributed by atoms with van der Waals surface area (Å²) in [5.41, 5.74) is 2.62. The van der Waals surface area contributed by atoms with Crippen LogP contribution >= 0.6 is 15.9 Å². The quantitative estimate of drug-likeness (QED) is 0.405. The molecule has 9 nitrogen and oxygen atoms in total. The topological polar surface area (TPSA) is 103 Å². The van der Waals surface area contributed by atoms with E-state index >= 15 is 0 Å². The molecule has 0 aliphatic rings. The lowest BCUT2D eigenvalue weighted by Crippen LogP contribution is -2.21. The van der Waals surface area contributed by atoms with Gasteiger partial charge in [0.1, 0.15) is 0 Å². The average Bonchev–Trinajstić information content (AvgIpc) is 3.24. The molecule has 2 N–H and O–H groups in total. The molecule has 1 heterocycles. The second-order valence-corrected chi connectivity index (χ2v) is 8.05. The summed E-state index contributed by atoms with van der Waals surface area (Å²) in [6.07, 6.45) is 2.02. The van der Waals surface area contributed by atoms with Crippen LogP contribution in [0.1, 0.15) is 30.9 Å². The minimum Gasteiger partial charge on any atom is -0.493 e. The highest BCUT2D eigenvalue weighted by Crippen LogP contribution is 2.36. The number of nitrogens with one attached hydrogen (secondary N) is 2. The van der Waals surface area contributed by atoms with Crippen molar-refractivity contribution in [2.24, 2.45) is 0 Å². The van der Waals surface area contributed by atoms with Crippen LogP contribution in [0, 0.1) is 6.92 Å². The van der Waals surface area contributed by atoms with Gasteiger partial charge in [-0.05, 0) is 48.0 Å². The van der Waals surface area contributed by atoms with E-state index in [0.717, 1.165) is 35.0 Å². The minimum absolute atomic E-state index is 0.165. The summed E-state index contributed by atoms with van der Waals surface area (Å²) >= 11 is 3.57. The molecular formula is C22H27BrN6O3. The Morgan fingerprint density at radius 1 is 1.19 bits per heavy atom. The zero-order chi connectivity index (χ0) is 22.9. The smallest absolute Gasteiger partial charge is 0.262 e. The summed E-state index contributed by atoms with van der Waals surface area (Å²) < 4.78 is 13.9. The number of rotatable bonds is 11. The third kappa shape index (κ3) is 6.19. The molecule has 0 saturated heterocycles. The number of carbonyl (C=O) groups is 1. The monoisotopic (exact) mass is 502 g/mol. The fraction of sp³-hybridized carbons (Fsp3) is 0.364. The molecule has 0 aliphatic carbocycles. The number of aryl methyl sites for hydroxylation is 2. The third-order valence-electron chi connectivity index (χ3n) is 4.75. The Bertz CT molecular complexity index is 1040. The third-order valence-corrected chi connectivity index (χ3v) is 5.49. The van der Waals surface area contributed by atoms with Gasteiger partial charge in [0.05, 0.1) is 7.11 Å². The van der Waals surface area contributed by atoms with Crippen molar-refractivity contribution in [3.63, 3.8) is 0 Å². The number of methoxy groups -OCH3 is 1. The summed E-state index contributed by atoms with van der Waals surface area (Å²) in [7, 11) is 1.56. The molecule has 32 heavy (non-hydrogen) atoms. The molecule has 1 amide bonds. The second-order valence-electron chi connectivity index (χ2n) is 7.19. The number of amides is 1. The highest BCUT2D eigenvalue weighted by molar-refractivity contribution is 9.10. The molecule has 2 aromatic carbocycles. The van der Waals surface area contributed by atoms with Crippen LogP contribution in [0.4, 0.5) is 11.6 Å². The molecule has 1 aromatic heterocycles. The van der Waals surface area contributed by atoms with Gasteiger partial charge in [0, 0.05) is 28.8 Å². The first kappa shape index (κ1) is 23.5. The summed E-state index contributed by atoms with van der Waals surface area (Å²) in [6, 6.07) is 11.2. The Balaban J connectivity index is 1.71. The van der Waals surface area contributed by atoms with Crippen LogP contribution < -0.4 is 20.1 Å². The number of unbranched alkanes of at least 4 members (excludes halogenated alkanes) is 1. The van der Waals surface area contributed by atoms with Crippen molar-refractivity contribution in [1.29, 1.82) is 0 Å². The molecule has 0 aliphatic heterocycles. The molecule has 0 bridgehead atoms. The number of tetrazole rings is 1. The van der Waals surface area contributed by atoms with Crippen LogP contribution in [0.2, 0.25) is 0 Å². The Morgan fingerprint density at radius 2 is 1.97 bits per heavy atom. The lowest BCUT2D eigenvalue weighted by atomic mass is 10.2. The van der Waals surface area contributed by atoms with E-state index in [0.29, 0.717) is 29.7 Å². The maximum absolute atomic E-state index is 12.4. The van der Waals surface area contributed by atoms with Crippen molar-refractivity contribution in [2.45, 2.75) is 39.8 Å². The Kier molecular flexibility index (Phi) is 8.43. The number of anilines is 2. The van der Waals surface area contributed by atoms with E-state index in [1.165, 1.54) is 0 Å². The molecule has 0 fully saturated rings. The normalized spacial score (nSPS) is 10.6. The summed E-state index contributed by atoms with van der Waals surface area (Å²) in [4.78, 5) is 12.4. The molecule has 10 heteroatoms. The van der Waals surface area contributed by atoms with Gasteiger partial charge >= 0.3 is 0 Å². The lowest BCUT2D eigenvalue weighted by Gasteiger charge is -2.17. The van der Waals surface area contributed by atoms with Crippen molar-refractivity contribution in [1.82, 2.24) is 20.2 Å². The zero-order valence-electron chi connectivity index (χ0n) is 18.4. The van der Waals surface area contributed by atoms with Gasteiger partial charge in [-0.2, -0.15) is 0 Å². The van der Waals surface area contributed by atoms with Crippen molar-refractivity contribution >= 4 is 33.5 Å². The van der Waals surface area contributed by atoms with Crippen LogP contribution in [-0.4, -0.2) is 39.8 Å². The van der Waals surface area contributed by atoms with Crippen LogP contribution in [0.15, 0.2) is 40.9 Å². The maximum atomic E-state index is 12.4. The van der Waals surface area contributed by atoms with E-state index < -0.39 is 0 Å². The van der Waals surface area contributed by atoms with E-state index in [2.05, 4.69) is 49.0 Å². The van der Waals surface area contributed by atoms with Crippen molar-refractivity contribution in [2.75, 3.05) is 24.4 Å². The number of benzene rings is 2. The molecular weight excluding hydrogens is 476 g/mol. The SMILES string of the molecule is CCCCn1nnnc1NCc1c(Br)ccc(OC)c1OCC(=O)Nc1ccc(C)cc1. The largest absolute Gasteiger partial charge is 0.493 e. The van der Waals surface area contributed by atoms with Gasteiger partial charge < -0.3 is 20.1 Å². The first-order valence-corrected chi connectivity index (χ1v) is 11.2. The number of ether oxygens (including phenoxy) is 2. The number of halogens is 1. The number of hydrogen-bond acceptors (Lipinski definition) is 7. The molecule has 3 aromatic rings. The molecule has 3 rings (SSSR count). The maximum Gasteiger partial charge on any atom is 0.262 e. The molecule has 0 saturated carbocycles. The highest BCUT2D eigenvalue weighted by atomic mass is 79.9. The fourth-order valence-corrected chi connectivity index (χ4v) is 3.45. The van der Waals surface area contributed by atoms with E-state index in [1.807, 2.05) is 37.3 Å². The molecule has 0 radical (unpaired) electrons. The summed E-state index contributed by atoms with van der Waals surface area (Å²) in [5, 5.41) is 17.9. The molecule has 0 unspecified atom stereocenters. The number of aromatic nitrogens is 4. The van der Waals surface area contributed by atoms with Gasteiger partial charge in [-0.15, -0.1) is 0 Å². The van der Waals surface area contributed by atoms with Gasteiger partial charge in [0.15, 0.2) is 18.1 Å². The van der Waals surface area contributed by atoms with Gasteiger partial charge in [-0.25, -0.2) is 4.68 Å². The Labute approximate surface area is 195 Å². The van der Waals surface area contributed by atoms with Crippen molar-refractivity contribution in [3.05, 3.63) is 52.0 Å². The van der Waals surface area contributed by atoms with Gasteiger partial charge in [-0.3, -0.25) is 4.79 Å².